The van der Waals surface area contributed by atoms with Crippen molar-refractivity contribution in [2.45, 2.75) is 32.2 Å². The lowest BCUT2D eigenvalue weighted by molar-refractivity contribution is -0.121. The van der Waals surface area contributed by atoms with Gasteiger partial charge in [0.1, 0.15) is 5.75 Å². The van der Waals surface area contributed by atoms with Gasteiger partial charge >= 0.3 is 0 Å². The molecular formula is C21H20N2O3. The zero-order valence-electron chi connectivity index (χ0n) is 14.6. The summed E-state index contributed by atoms with van der Waals surface area (Å²) in [5, 5.41) is 10.5. The number of phenols is 1. The molecule has 1 aromatic heterocycles. The fraction of sp³-hybridized carbons (Fsp3) is 0.238. The largest absolute Gasteiger partial charge is 0.508 e. The van der Waals surface area contributed by atoms with E-state index in [0.29, 0.717) is 5.69 Å². The summed E-state index contributed by atoms with van der Waals surface area (Å²) in [6.45, 7) is 2.99. The van der Waals surface area contributed by atoms with Gasteiger partial charge in [0.05, 0.1) is 11.6 Å². The summed E-state index contributed by atoms with van der Waals surface area (Å²) in [5.41, 5.74) is 2.50. The first-order valence-electron chi connectivity index (χ1n) is 8.83. The molecule has 2 heterocycles. The Hall–Kier alpha value is -3.08. The van der Waals surface area contributed by atoms with E-state index in [-0.39, 0.29) is 24.0 Å². The van der Waals surface area contributed by atoms with Crippen LogP contribution in [0.4, 0.5) is 5.69 Å². The van der Waals surface area contributed by atoms with Gasteiger partial charge < -0.3 is 9.67 Å². The molecule has 2 amide bonds. The molecule has 0 saturated carbocycles. The monoisotopic (exact) mass is 348 g/mol. The quantitative estimate of drug-likeness (QED) is 0.730. The summed E-state index contributed by atoms with van der Waals surface area (Å²) in [7, 11) is 0. The summed E-state index contributed by atoms with van der Waals surface area (Å²) in [4.78, 5) is 26.8. The second-order valence-corrected chi connectivity index (χ2v) is 6.64. The molecule has 0 bridgehead atoms. The molecule has 1 aliphatic heterocycles. The highest BCUT2D eigenvalue weighted by molar-refractivity contribution is 6.23. The van der Waals surface area contributed by atoms with Crippen LogP contribution in [-0.4, -0.2) is 21.5 Å². The van der Waals surface area contributed by atoms with Crippen LogP contribution in [0.15, 0.2) is 54.7 Å². The minimum atomic E-state index is -0.473. The van der Waals surface area contributed by atoms with E-state index in [1.54, 1.807) is 12.1 Å². The van der Waals surface area contributed by atoms with Gasteiger partial charge in [-0.25, -0.2) is 0 Å². The Bertz CT molecular complexity index is 988. The van der Waals surface area contributed by atoms with Crippen LogP contribution in [0.25, 0.3) is 10.9 Å². The fourth-order valence-corrected chi connectivity index (χ4v) is 3.73. The van der Waals surface area contributed by atoms with Gasteiger partial charge in [-0.3, -0.25) is 14.5 Å². The van der Waals surface area contributed by atoms with Gasteiger partial charge in [0.2, 0.25) is 11.8 Å². The third kappa shape index (κ3) is 2.56. The topological polar surface area (TPSA) is 62.5 Å². The van der Waals surface area contributed by atoms with E-state index in [2.05, 4.69) is 11.5 Å². The lowest BCUT2D eigenvalue weighted by atomic mass is 9.97. The minimum Gasteiger partial charge on any atom is -0.508 e. The van der Waals surface area contributed by atoms with E-state index in [4.69, 9.17) is 0 Å². The van der Waals surface area contributed by atoms with Crippen molar-refractivity contribution in [2.24, 2.45) is 0 Å². The molecular weight excluding hydrogens is 328 g/mol. The van der Waals surface area contributed by atoms with Crippen molar-refractivity contribution in [1.29, 1.82) is 0 Å². The van der Waals surface area contributed by atoms with E-state index in [1.165, 1.54) is 17.0 Å². The maximum absolute atomic E-state index is 13.0. The molecule has 1 saturated heterocycles. The average Bonchev–Trinajstić information content (AvgIpc) is 3.14. The number of fused-ring (bicyclic) bond motifs is 1. The number of nitrogens with zero attached hydrogens (tertiary/aromatic N) is 2. The number of para-hydroxylation sites is 1. The standard InChI is InChI=1S/C21H20N2O3/c1-2-11-22-13-18(16-5-3-4-6-19(16)22)17-12-20(25)23(21(17)26)14-7-9-15(24)10-8-14/h3-10,13,17,24H,2,11-12H2,1H3. The molecule has 4 rings (SSSR count). The molecule has 1 atom stereocenters. The smallest absolute Gasteiger partial charge is 0.241 e. The average molecular weight is 348 g/mol. The number of phenolic OH excluding ortho intramolecular Hbond substituents is 1. The molecule has 0 aliphatic carbocycles. The zero-order valence-corrected chi connectivity index (χ0v) is 14.6. The predicted molar refractivity (Wildman–Crippen MR) is 100 cm³/mol. The third-order valence-corrected chi connectivity index (χ3v) is 4.91. The van der Waals surface area contributed by atoms with Gasteiger partial charge in [-0.05, 0) is 42.3 Å². The van der Waals surface area contributed by atoms with Crippen molar-refractivity contribution >= 4 is 28.4 Å². The number of aryl methyl sites for hydroxylation is 1. The van der Waals surface area contributed by atoms with Gasteiger partial charge in [0.15, 0.2) is 0 Å². The number of carbonyl (C=O) groups is 2. The highest BCUT2D eigenvalue weighted by Gasteiger charge is 2.41. The number of hydrogen-bond donors (Lipinski definition) is 1. The number of aromatic nitrogens is 1. The predicted octanol–water partition coefficient (Wildman–Crippen LogP) is 3.80. The fourth-order valence-electron chi connectivity index (χ4n) is 3.73. The number of benzene rings is 2. The van der Waals surface area contributed by atoms with Crippen molar-refractivity contribution in [2.75, 3.05) is 4.90 Å². The Kier molecular flexibility index (Phi) is 3.99. The number of anilines is 1. The third-order valence-electron chi connectivity index (χ3n) is 4.91. The van der Waals surface area contributed by atoms with Crippen LogP contribution in [0.1, 0.15) is 31.2 Å². The Morgan fingerprint density at radius 3 is 2.54 bits per heavy atom. The van der Waals surface area contributed by atoms with Crippen LogP contribution in [0.5, 0.6) is 5.75 Å². The van der Waals surface area contributed by atoms with E-state index >= 15 is 0 Å². The number of amides is 2. The normalized spacial score (nSPS) is 17.4. The molecule has 1 aliphatic rings. The second kappa shape index (κ2) is 6.33. The molecule has 5 heteroatoms. The maximum Gasteiger partial charge on any atom is 0.241 e. The number of carbonyl (C=O) groups excluding carboxylic acids is 2. The first-order valence-corrected chi connectivity index (χ1v) is 8.83. The summed E-state index contributed by atoms with van der Waals surface area (Å²) in [6.07, 6.45) is 3.18. The Labute approximate surface area is 151 Å². The summed E-state index contributed by atoms with van der Waals surface area (Å²) in [5.74, 6) is -0.788. The van der Waals surface area contributed by atoms with Gasteiger partial charge in [-0.15, -0.1) is 0 Å². The molecule has 3 aromatic rings. The van der Waals surface area contributed by atoms with Crippen LogP contribution in [0.2, 0.25) is 0 Å². The minimum absolute atomic E-state index is 0.104. The first kappa shape index (κ1) is 16.4. The lowest BCUT2D eigenvalue weighted by Gasteiger charge is -2.15. The van der Waals surface area contributed by atoms with Crippen LogP contribution in [0.3, 0.4) is 0 Å². The highest BCUT2D eigenvalue weighted by Crippen LogP contribution is 2.37. The van der Waals surface area contributed by atoms with E-state index in [9.17, 15) is 14.7 Å². The molecule has 26 heavy (non-hydrogen) atoms. The van der Waals surface area contributed by atoms with Crippen molar-refractivity contribution in [3.8, 4) is 5.75 Å². The van der Waals surface area contributed by atoms with Crippen molar-refractivity contribution in [3.63, 3.8) is 0 Å². The Morgan fingerprint density at radius 2 is 1.81 bits per heavy atom. The van der Waals surface area contributed by atoms with Gasteiger partial charge in [0.25, 0.3) is 0 Å². The second-order valence-electron chi connectivity index (χ2n) is 6.64. The van der Waals surface area contributed by atoms with Crippen molar-refractivity contribution in [1.82, 2.24) is 4.57 Å². The van der Waals surface area contributed by atoms with Crippen LogP contribution >= 0.6 is 0 Å². The Morgan fingerprint density at radius 1 is 1.08 bits per heavy atom. The number of imide groups is 1. The van der Waals surface area contributed by atoms with E-state index in [1.807, 2.05) is 30.5 Å². The number of hydrogen-bond acceptors (Lipinski definition) is 3. The van der Waals surface area contributed by atoms with Gasteiger partial charge in [0, 0.05) is 30.1 Å². The van der Waals surface area contributed by atoms with Crippen LogP contribution < -0.4 is 4.90 Å². The van der Waals surface area contributed by atoms with Crippen LogP contribution in [-0.2, 0) is 16.1 Å². The molecule has 5 nitrogen and oxygen atoms in total. The van der Waals surface area contributed by atoms with Gasteiger partial charge in [-0.2, -0.15) is 0 Å². The molecule has 132 valence electrons. The van der Waals surface area contributed by atoms with E-state index < -0.39 is 5.92 Å². The molecule has 1 N–H and O–H groups in total. The molecule has 0 radical (unpaired) electrons. The zero-order chi connectivity index (χ0) is 18.3. The van der Waals surface area contributed by atoms with Crippen LogP contribution in [0, 0.1) is 0 Å². The number of rotatable bonds is 4. The molecule has 1 fully saturated rings. The molecule has 1 unspecified atom stereocenters. The molecule has 2 aromatic carbocycles. The highest BCUT2D eigenvalue weighted by atomic mass is 16.3. The maximum atomic E-state index is 13.0. The van der Waals surface area contributed by atoms with Gasteiger partial charge in [-0.1, -0.05) is 25.1 Å². The summed E-state index contributed by atoms with van der Waals surface area (Å²) in [6, 6.07) is 14.2. The lowest BCUT2D eigenvalue weighted by Crippen LogP contribution is -2.29. The summed E-state index contributed by atoms with van der Waals surface area (Å²) < 4.78 is 2.16. The van der Waals surface area contributed by atoms with Crippen molar-refractivity contribution < 1.29 is 14.7 Å². The first-order chi connectivity index (χ1) is 12.6. The Balaban J connectivity index is 1.75. The molecule has 0 spiro atoms. The summed E-state index contributed by atoms with van der Waals surface area (Å²) >= 11 is 0. The van der Waals surface area contributed by atoms with E-state index in [0.717, 1.165) is 29.4 Å². The SMILES string of the molecule is CCCn1cc(C2CC(=O)N(c3ccc(O)cc3)C2=O)c2ccccc21. The number of aromatic hydroxyl groups is 1. The van der Waals surface area contributed by atoms with Crippen molar-refractivity contribution in [3.05, 3.63) is 60.3 Å².